The lowest BCUT2D eigenvalue weighted by atomic mass is 10.2. The molecule has 1 radical (unpaired) electrons. The van der Waals surface area contributed by atoms with Crippen LogP contribution in [-0.2, 0) is 0 Å². The maximum absolute atomic E-state index is 5.90. The number of benzene rings is 1. The number of aromatic nitrogens is 2. The minimum absolute atomic E-state index is 0.489. The third-order valence-electron chi connectivity index (χ3n) is 1.53. The summed E-state index contributed by atoms with van der Waals surface area (Å²) < 4.78 is 0. The molecule has 0 saturated heterocycles. The predicted octanol–water partition coefficient (Wildman–Crippen LogP) is 2.74. The van der Waals surface area contributed by atoms with Gasteiger partial charge < -0.3 is 0 Å². The van der Waals surface area contributed by atoms with Crippen molar-refractivity contribution >= 4 is 34.1 Å². The second kappa shape index (κ2) is 2.88. The van der Waals surface area contributed by atoms with Gasteiger partial charge in [0.15, 0.2) is 6.33 Å². The van der Waals surface area contributed by atoms with Gasteiger partial charge in [-0.2, -0.15) is 0 Å². The summed E-state index contributed by atoms with van der Waals surface area (Å²) >= 11 is 11.7. The Hall–Kier alpha value is -0.860. The second-order valence-corrected chi connectivity index (χ2v) is 3.05. The van der Waals surface area contributed by atoms with Crippen LogP contribution in [0, 0.1) is 6.33 Å². The summed E-state index contributed by atoms with van der Waals surface area (Å²) in [7, 11) is 0. The Morgan fingerprint density at radius 1 is 1.25 bits per heavy atom. The van der Waals surface area contributed by atoms with E-state index in [0.29, 0.717) is 10.0 Å². The number of rotatable bonds is 0. The molecule has 2 aromatic rings. The average Bonchev–Trinajstić information content (AvgIpc) is 2.12. The molecule has 0 saturated carbocycles. The lowest BCUT2D eigenvalue weighted by molar-refractivity contribution is 1.20. The zero-order chi connectivity index (χ0) is 8.55. The molecule has 0 unspecified atom stereocenters. The van der Waals surface area contributed by atoms with E-state index in [2.05, 4.69) is 16.3 Å². The van der Waals surface area contributed by atoms with Crippen molar-refractivity contribution in [2.24, 2.45) is 0 Å². The second-order valence-electron chi connectivity index (χ2n) is 2.26. The van der Waals surface area contributed by atoms with Gasteiger partial charge in [-0.15, -0.1) is 0 Å². The van der Waals surface area contributed by atoms with E-state index in [1.165, 1.54) is 0 Å². The van der Waals surface area contributed by atoms with Crippen LogP contribution in [0.5, 0.6) is 0 Å². The molecule has 0 amide bonds. The topological polar surface area (TPSA) is 25.8 Å². The summed E-state index contributed by atoms with van der Waals surface area (Å²) in [4.78, 5) is 7.64. The molecule has 0 spiro atoms. The van der Waals surface area contributed by atoms with Gasteiger partial charge >= 0.3 is 0 Å². The molecule has 59 valence electrons. The molecule has 0 bridgehead atoms. The fourth-order valence-corrected chi connectivity index (χ4v) is 1.33. The first-order valence-corrected chi connectivity index (χ1v) is 4.01. The summed E-state index contributed by atoms with van der Waals surface area (Å²) in [5.74, 6) is 0. The number of hydrogen-bond acceptors (Lipinski definition) is 2. The molecule has 0 fully saturated rings. The lowest BCUT2D eigenvalue weighted by Crippen LogP contribution is -1.82. The average molecular weight is 198 g/mol. The van der Waals surface area contributed by atoms with Crippen LogP contribution in [-0.4, -0.2) is 9.97 Å². The first kappa shape index (κ1) is 7.77. The van der Waals surface area contributed by atoms with E-state index in [9.17, 15) is 0 Å². The van der Waals surface area contributed by atoms with Gasteiger partial charge in [-0.1, -0.05) is 23.2 Å². The molecule has 0 N–H and O–H groups in total. The highest BCUT2D eigenvalue weighted by Crippen LogP contribution is 2.28. The standard InChI is InChI=1S/C8H3Cl2N2/c9-6-1-2-7-5(8(6)10)3-11-4-12-7/h1-3H. The van der Waals surface area contributed by atoms with Crippen LogP contribution < -0.4 is 0 Å². The van der Waals surface area contributed by atoms with Crippen molar-refractivity contribution in [3.63, 3.8) is 0 Å². The highest BCUT2D eigenvalue weighted by atomic mass is 35.5. The number of fused-ring (bicyclic) bond motifs is 1. The van der Waals surface area contributed by atoms with Crippen molar-refractivity contribution < 1.29 is 0 Å². The summed E-state index contributed by atoms with van der Waals surface area (Å²) in [6.07, 6.45) is 4.07. The zero-order valence-electron chi connectivity index (χ0n) is 5.88. The van der Waals surface area contributed by atoms with Crippen LogP contribution >= 0.6 is 23.2 Å². The first-order chi connectivity index (χ1) is 5.79. The van der Waals surface area contributed by atoms with E-state index in [0.717, 1.165) is 10.9 Å². The van der Waals surface area contributed by atoms with E-state index in [1.54, 1.807) is 18.3 Å². The van der Waals surface area contributed by atoms with Crippen LogP contribution in [0.1, 0.15) is 0 Å². The van der Waals surface area contributed by atoms with Gasteiger partial charge in [0.25, 0.3) is 0 Å². The molecule has 2 rings (SSSR count). The van der Waals surface area contributed by atoms with E-state index in [-0.39, 0.29) is 0 Å². The molecule has 12 heavy (non-hydrogen) atoms. The smallest absolute Gasteiger partial charge is 0.198 e. The number of halogens is 2. The molecule has 1 aromatic carbocycles. The van der Waals surface area contributed by atoms with Crippen molar-refractivity contribution in [1.82, 2.24) is 9.97 Å². The van der Waals surface area contributed by atoms with Crippen LogP contribution in [0.15, 0.2) is 18.3 Å². The van der Waals surface area contributed by atoms with Crippen molar-refractivity contribution in [1.29, 1.82) is 0 Å². The third-order valence-corrected chi connectivity index (χ3v) is 2.35. The fraction of sp³-hybridized carbons (Fsp3) is 0. The molecule has 1 aromatic heterocycles. The van der Waals surface area contributed by atoms with Gasteiger partial charge in [0.1, 0.15) is 0 Å². The molecule has 0 aliphatic heterocycles. The van der Waals surface area contributed by atoms with Crippen molar-refractivity contribution in [3.8, 4) is 0 Å². The predicted molar refractivity (Wildman–Crippen MR) is 48.4 cm³/mol. The molecular formula is C8H3Cl2N2. The third kappa shape index (κ3) is 1.13. The quantitative estimate of drug-likeness (QED) is 0.650. The van der Waals surface area contributed by atoms with Gasteiger partial charge in [0.05, 0.1) is 15.6 Å². The molecule has 0 atom stereocenters. The largest absolute Gasteiger partial charge is 0.233 e. The highest BCUT2D eigenvalue weighted by molar-refractivity contribution is 6.45. The first-order valence-electron chi connectivity index (χ1n) is 3.26. The van der Waals surface area contributed by atoms with Crippen molar-refractivity contribution in [2.75, 3.05) is 0 Å². The maximum Gasteiger partial charge on any atom is 0.198 e. The lowest BCUT2D eigenvalue weighted by Gasteiger charge is -1.98. The summed E-state index contributed by atoms with van der Waals surface area (Å²) in [5.41, 5.74) is 0.749. The molecule has 0 aliphatic carbocycles. The Bertz CT molecular complexity index is 428. The van der Waals surface area contributed by atoms with Crippen molar-refractivity contribution in [2.45, 2.75) is 0 Å². The normalized spacial score (nSPS) is 10.5. The Kier molecular flexibility index (Phi) is 1.87. The van der Waals surface area contributed by atoms with E-state index in [4.69, 9.17) is 23.2 Å². The highest BCUT2D eigenvalue weighted by Gasteiger charge is 2.03. The SMILES string of the molecule is Clc1ccc2n[c]ncc2c1Cl. The monoisotopic (exact) mass is 197 g/mol. The Morgan fingerprint density at radius 3 is 2.92 bits per heavy atom. The Morgan fingerprint density at radius 2 is 2.08 bits per heavy atom. The van der Waals surface area contributed by atoms with Crippen LogP contribution in [0.3, 0.4) is 0 Å². The molecular weight excluding hydrogens is 195 g/mol. The zero-order valence-corrected chi connectivity index (χ0v) is 7.39. The van der Waals surface area contributed by atoms with Gasteiger partial charge in [-0.05, 0) is 12.1 Å². The molecule has 4 heteroatoms. The van der Waals surface area contributed by atoms with Crippen molar-refractivity contribution in [3.05, 3.63) is 34.7 Å². The number of nitrogens with zero attached hydrogens (tertiary/aromatic N) is 2. The molecule has 1 heterocycles. The van der Waals surface area contributed by atoms with Gasteiger partial charge in [-0.3, -0.25) is 0 Å². The van der Waals surface area contributed by atoms with E-state index >= 15 is 0 Å². The summed E-state index contributed by atoms with van der Waals surface area (Å²) in [6.45, 7) is 0. The van der Waals surface area contributed by atoms with E-state index < -0.39 is 0 Å². The Labute approximate surface area is 79.2 Å². The van der Waals surface area contributed by atoms with Crippen LogP contribution in [0.4, 0.5) is 0 Å². The molecule has 2 nitrogen and oxygen atoms in total. The maximum atomic E-state index is 5.90. The van der Waals surface area contributed by atoms with Gasteiger partial charge in [0.2, 0.25) is 0 Å². The van der Waals surface area contributed by atoms with Crippen LogP contribution in [0.2, 0.25) is 10.0 Å². The van der Waals surface area contributed by atoms with Gasteiger partial charge in [0, 0.05) is 11.6 Å². The van der Waals surface area contributed by atoms with Crippen LogP contribution in [0.25, 0.3) is 10.9 Å². The summed E-state index contributed by atoms with van der Waals surface area (Å²) in [6, 6.07) is 3.48. The van der Waals surface area contributed by atoms with E-state index in [1.807, 2.05) is 0 Å². The summed E-state index contributed by atoms with van der Waals surface area (Å²) in [5, 5.41) is 1.75. The minimum Gasteiger partial charge on any atom is -0.233 e. The minimum atomic E-state index is 0.489. The Balaban J connectivity index is 2.91. The fourth-order valence-electron chi connectivity index (χ4n) is 0.953. The molecule has 0 aliphatic rings. The number of hydrogen-bond donors (Lipinski definition) is 0. The van der Waals surface area contributed by atoms with Gasteiger partial charge in [-0.25, -0.2) is 9.97 Å².